The number of nitrogens with zero attached hydrogens (tertiary/aromatic N) is 1. The quantitative estimate of drug-likeness (QED) is 0.832. The summed E-state index contributed by atoms with van der Waals surface area (Å²) in [4.78, 5) is 26.7. The van der Waals surface area contributed by atoms with Gasteiger partial charge in [0.05, 0.1) is 0 Å². The highest BCUT2D eigenvalue weighted by molar-refractivity contribution is 5.79. The molecular formula is C19H33N3O2. The van der Waals surface area contributed by atoms with Gasteiger partial charge in [0, 0.05) is 31.1 Å². The fourth-order valence-corrected chi connectivity index (χ4v) is 4.51. The van der Waals surface area contributed by atoms with E-state index >= 15 is 0 Å². The summed E-state index contributed by atoms with van der Waals surface area (Å²) in [6.45, 7) is 1.59. The third kappa shape index (κ3) is 4.87. The molecule has 24 heavy (non-hydrogen) atoms. The third-order valence-corrected chi connectivity index (χ3v) is 6.04. The zero-order valence-corrected chi connectivity index (χ0v) is 14.9. The molecular weight excluding hydrogens is 302 g/mol. The molecule has 0 unspecified atom stereocenters. The zero-order valence-electron chi connectivity index (χ0n) is 14.9. The number of likely N-dealkylation sites (tertiary alicyclic amines) is 1. The summed E-state index contributed by atoms with van der Waals surface area (Å²) in [7, 11) is 0. The van der Waals surface area contributed by atoms with Crippen molar-refractivity contribution < 1.29 is 9.59 Å². The largest absolute Gasteiger partial charge is 0.342 e. The lowest BCUT2D eigenvalue weighted by atomic mass is 9.87. The number of amides is 3. The number of urea groups is 1. The Morgan fingerprint density at radius 1 is 0.667 bits per heavy atom. The van der Waals surface area contributed by atoms with Crippen molar-refractivity contribution in [1.29, 1.82) is 0 Å². The van der Waals surface area contributed by atoms with Crippen LogP contribution in [0.3, 0.4) is 0 Å². The summed E-state index contributed by atoms with van der Waals surface area (Å²) < 4.78 is 0. The molecule has 2 N–H and O–H groups in total. The molecule has 1 aliphatic heterocycles. The Morgan fingerprint density at radius 2 is 1.17 bits per heavy atom. The summed E-state index contributed by atoms with van der Waals surface area (Å²) in [5, 5.41) is 6.24. The summed E-state index contributed by atoms with van der Waals surface area (Å²) in [6, 6.07) is 0.551. The van der Waals surface area contributed by atoms with E-state index in [0.717, 1.165) is 51.6 Å². The predicted molar refractivity (Wildman–Crippen MR) is 94.7 cm³/mol. The van der Waals surface area contributed by atoms with Crippen LogP contribution in [-0.2, 0) is 4.79 Å². The van der Waals surface area contributed by atoms with Gasteiger partial charge in [0.2, 0.25) is 5.91 Å². The van der Waals surface area contributed by atoms with Gasteiger partial charge >= 0.3 is 6.03 Å². The minimum atomic E-state index is -0.0149. The number of carbonyl (C=O) groups excluding carboxylic acids is 2. The number of carbonyl (C=O) groups is 2. The van der Waals surface area contributed by atoms with Crippen molar-refractivity contribution in [2.24, 2.45) is 5.92 Å². The molecule has 0 aromatic heterocycles. The van der Waals surface area contributed by atoms with E-state index in [-0.39, 0.29) is 18.0 Å². The van der Waals surface area contributed by atoms with Crippen LogP contribution in [0.2, 0.25) is 0 Å². The van der Waals surface area contributed by atoms with E-state index in [4.69, 9.17) is 0 Å². The first kappa shape index (κ1) is 17.6. The Hall–Kier alpha value is -1.26. The molecule has 3 fully saturated rings. The maximum absolute atomic E-state index is 12.6. The zero-order chi connectivity index (χ0) is 16.8. The summed E-state index contributed by atoms with van der Waals surface area (Å²) in [5.74, 6) is 0.623. The molecule has 5 heteroatoms. The highest BCUT2D eigenvalue weighted by Gasteiger charge is 2.29. The van der Waals surface area contributed by atoms with E-state index in [1.54, 1.807) is 0 Å². The van der Waals surface area contributed by atoms with Gasteiger partial charge in [-0.2, -0.15) is 0 Å². The highest BCUT2D eigenvalue weighted by Crippen LogP contribution is 2.26. The van der Waals surface area contributed by atoms with E-state index in [2.05, 4.69) is 10.6 Å². The van der Waals surface area contributed by atoms with Gasteiger partial charge in [-0.25, -0.2) is 4.79 Å². The van der Waals surface area contributed by atoms with Crippen molar-refractivity contribution >= 4 is 11.9 Å². The van der Waals surface area contributed by atoms with Gasteiger partial charge in [0.1, 0.15) is 0 Å². The van der Waals surface area contributed by atoms with Crippen LogP contribution in [0.15, 0.2) is 0 Å². The number of hydrogen-bond acceptors (Lipinski definition) is 2. The first-order valence-corrected chi connectivity index (χ1v) is 10.1. The molecule has 136 valence electrons. The lowest BCUT2D eigenvalue weighted by Gasteiger charge is -2.35. The first-order valence-electron chi connectivity index (χ1n) is 10.1. The van der Waals surface area contributed by atoms with E-state index < -0.39 is 0 Å². The highest BCUT2D eigenvalue weighted by atomic mass is 16.2. The van der Waals surface area contributed by atoms with E-state index in [1.165, 1.54) is 38.5 Å². The molecule has 1 heterocycles. The summed E-state index contributed by atoms with van der Waals surface area (Å²) in [6.07, 6.45) is 13.6. The van der Waals surface area contributed by atoms with Crippen molar-refractivity contribution in [3.05, 3.63) is 0 Å². The molecule has 2 saturated carbocycles. The number of nitrogens with one attached hydrogen (secondary N) is 2. The van der Waals surface area contributed by atoms with Crippen molar-refractivity contribution in [1.82, 2.24) is 15.5 Å². The lowest BCUT2D eigenvalue weighted by Crippen LogP contribution is -2.51. The van der Waals surface area contributed by atoms with Gasteiger partial charge in [-0.05, 0) is 38.5 Å². The molecule has 5 nitrogen and oxygen atoms in total. The van der Waals surface area contributed by atoms with Gasteiger partial charge in [-0.3, -0.25) is 4.79 Å². The molecule has 0 spiro atoms. The van der Waals surface area contributed by atoms with Gasteiger partial charge in [-0.15, -0.1) is 0 Å². The minimum absolute atomic E-state index is 0.0149. The van der Waals surface area contributed by atoms with Crippen LogP contribution in [0.4, 0.5) is 4.79 Å². The topological polar surface area (TPSA) is 61.4 Å². The average molecular weight is 335 g/mol. The van der Waals surface area contributed by atoms with Gasteiger partial charge in [-0.1, -0.05) is 38.5 Å². The molecule has 0 radical (unpaired) electrons. The molecule has 0 aromatic carbocycles. The van der Waals surface area contributed by atoms with Crippen LogP contribution in [0.25, 0.3) is 0 Å². The van der Waals surface area contributed by atoms with Crippen LogP contribution >= 0.6 is 0 Å². The average Bonchev–Trinajstić information content (AvgIpc) is 2.63. The Bertz CT molecular complexity index is 420. The van der Waals surface area contributed by atoms with Crippen LogP contribution in [0.5, 0.6) is 0 Å². The van der Waals surface area contributed by atoms with Gasteiger partial charge < -0.3 is 15.5 Å². The lowest BCUT2D eigenvalue weighted by molar-refractivity contribution is -0.137. The van der Waals surface area contributed by atoms with Crippen LogP contribution in [-0.4, -0.2) is 42.0 Å². The molecule has 0 aromatic rings. The number of piperidine rings is 1. The number of rotatable bonds is 3. The Balaban J connectivity index is 1.36. The van der Waals surface area contributed by atoms with Crippen molar-refractivity contribution in [3.63, 3.8) is 0 Å². The van der Waals surface area contributed by atoms with E-state index in [9.17, 15) is 9.59 Å². The van der Waals surface area contributed by atoms with Crippen LogP contribution in [0, 0.1) is 5.92 Å². The van der Waals surface area contributed by atoms with E-state index in [0.29, 0.717) is 11.9 Å². The normalized spacial score (nSPS) is 24.6. The molecule has 2 aliphatic carbocycles. The van der Waals surface area contributed by atoms with Crippen molar-refractivity contribution in [2.75, 3.05) is 13.1 Å². The SMILES string of the molecule is O=C(NC1CCCCC1)NC1CCN(C(=O)C2CCCCC2)CC1. The van der Waals surface area contributed by atoms with Crippen molar-refractivity contribution in [2.45, 2.75) is 89.1 Å². The Morgan fingerprint density at radius 3 is 1.75 bits per heavy atom. The van der Waals surface area contributed by atoms with Crippen LogP contribution < -0.4 is 10.6 Å². The maximum atomic E-state index is 12.6. The Kier molecular flexibility index (Phi) is 6.38. The smallest absolute Gasteiger partial charge is 0.315 e. The molecule has 3 amide bonds. The second kappa shape index (κ2) is 8.72. The summed E-state index contributed by atoms with van der Waals surface area (Å²) >= 11 is 0. The first-order chi connectivity index (χ1) is 11.7. The van der Waals surface area contributed by atoms with E-state index in [1.807, 2.05) is 4.90 Å². The third-order valence-electron chi connectivity index (χ3n) is 6.04. The van der Waals surface area contributed by atoms with Crippen molar-refractivity contribution in [3.8, 4) is 0 Å². The molecule has 1 saturated heterocycles. The number of hydrogen-bond donors (Lipinski definition) is 2. The fourth-order valence-electron chi connectivity index (χ4n) is 4.51. The molecule has 0 atom stereocenters. The summed E-state index contributed by atoms with van der Waals surface area (Å²) in [5.41, 5.74) is 0. The van der Waals surface area contributed by atoms with Gasteiger partial charge in [0.25, 0.3) is 0 Å². The Labute approximate surface area is 145 Å². The predicted octanol–water partition coefficient (Wildman–Crippen LogP) is 3.19. The molecule has 3 aliphatic rings. The van der Waals surface area contributed by atoms with Gasteiger partial charge in [0.15, 0.2) is 0 Å². The fraction of sp³-hybridized carbons (Fsp3) is 0.895. The minimum Gasteiger partial charge on any atom is -0.342 e. The standard InChI is InChI=1S/C19H33N3O2/c23-18(15-7-3-1-4-8-15)22-13-11-17(12-14-22)21-19(24)20-16-9-5-2-6-10-16/h15-17H,1-14H2,(H2,20,21,24). The second-order valence-corrected chi connectivity index (χ2v) is 7.89. The van der Waals surface area contributed by atoms with Crippen LogP contribution in [0.1, 0.15) is 77.0 Å². The molecule has 3 rings (SSSR count). The molecule has 0 bridgehead atoms. The second-order valence-electron chi connectivity index (χ2n) is 7.89. The monoisotopic (exact) mass is 335 g/mol. The maximum Gasteiger partial charge on any atom is 0.315 e.